The second kappa shape index (κ2) is 8.42. The van der Waals surface area contributed by atoms with Gasteiger partial charge in [0.2, 0.25) is 12.1 Å². The monoisotopic (exact) mass is 350 g/mol. The lowest BCUT2D eigenvalue weighted by Crippen LogP contribution is -2.26. The first-order chi connectivity index (χ1) is 11.2. The van der Waals surface area contributed by atoms with Crippen LogP contribution in [0.2, 0.25) is 0 Å². The molecule has 0 aliphatic rings. The van der Waals surface area contributed by atoms with Crippen molar-refractivity contribution in [3.05, 3.63) is 53.4 Å². The van der Waals surface area contributed by atoms with E-state index in [9.17, 15) is 31.9 Å². The molecule has 9 heteroatoms. The predicted molar refractivity (Wildman–Crippen MR) is 71.1 cm³/mol. The number of aromatic nitrogens is 2. The summed E-state index contributed by atoms with van der Waals surface area (Å²) < 4.78 is 66.2. The molecule has 2 aromatic rings. The number of benzene rings is 1. The predicted octanol–water partition coefficient (Wildman–Crippen LogP) is 1.86. The van der Waals surface area contributed by atoms with Crippen molar-refractivity contribution in [1.82, 2.24) is 4.57 Å². The average Bonchev–Trinajstić information content (AvgIpc) is 2.95. The molecule has 0 radical (unpaired) electrons. The Labute approximate surface area is 134 Å². The third-order valence-electron chi connectivity index (χ3n) is 3.01. The maximum atomic E-state index is 12.5. The Balaban J connectivity index is 0.000000254. The molecule has 0 N–H and O–H groups in total. The molecule has 0 unspecified atom stereocenters. The highest BCUT2D eigenvalue weighted by atomic mass is 19.2. The zero-order chi connectivity index (χ0) is 18.4. The van der Waals surface area contributed by atoms with Crippen molar-refractivity contribution >= 4 is 5.97 Å². The number of hydrogen-bond donors (Lipinski definition) is 0. The Bertz CT molecular complexity index is 702. The van der Waals surface area contributed by atoms with Crippen molar-refractivity contribution < 1.29 is 36.4 Å². The van der Waals surface area contributed by atoms with Crippen molar-refractivity contribution in [2.75, 3.05) is 0 Å². The summed E-state index contributed by atoms with van der Waals surface area (Å²) in [5.41, 5.74) is -1.97. The van der Waals surface area contributed by atoms with Gasteiger partial charge in [-0.25, -0.2) is 31.1 Å². The number of rotatable bonds is 4. The van der Waals surface area contributed by atoms with Crippen LogP contribution in [0, 0.1) is 29.1 Å². The lowest BCUT2D eigenvalue weighted by molar-refractivity contribution is -0.671. The highest BCUT2D eigenvalue weighted by Crippen LogP contribution is 2.22. The highest BCUT2D eigenvalue weighted by Gasteiger charge is 2.25. The summed E-state index contributed by atoms with van der Waals surface area (Å²) in [7, 11) is 2.04. The number of carbonyl (C=O) groups is 1. The first-order valence-electron chi connectivity index (χ1n) is 6.94. The van der Waals surface area contributed by atoms with Gasteiger partial charge < -0.3 is 9.90 Å². The molecule has 0 spiro atoms. The lowest BCUT2D eigenvalue weighted by Gasteiger charge is -2.07. The van der Waals surface area contributed by atoms with Crippen LogP contribution in [0.3, 0.4) is 0 Å². The fourth-order valence-corrected chi connectivity index (χ4v) is 1.76. The molecular weight excluding hydrogens is 335 g/mol. The number of nitrogens with zero attached hydrogens (tertiary/aromatic N) is 2. The van der Waals surface area contributed by atoms with Gasteiger partial charge in [-0.2, -0.15) is 0 Å². The van der Waals surface area contributed by atoms with Crippen LogP contribution in [-0.4, -0.2) is 10.5 Å². The van der Waals surface area contributed by atoms with Crippen molar-refractivity contribution in [3.63, 3.8) is 0 Å². The first kappa shape index (κ1) is 19.6. The maximum Gasteiger partial charge on any atom is 0.243 e. The van der Waals surface area contributed by atoms with E-state index in [0.29, 0.717) is 0 Å². The molecule has 1 heterocycles. The lowest BCUT2D eigenvalue weighted by atomic mass is 10.1. The van der Waals surface area contributed by atoms with Gasteiger partial charge in [0.15, 0.2) is 23.3 Å². The van der Waals surface area contributed by atoms with Crippen LogP contribution in [-0.2, 0) is 13.6 Å². The number of carbonyl (C=O) groups excluding carboxylic acids is 1. The molecule has 1 aromatic heterocycles. The third-order valence-corrected chi connectivity index (χ3v) is 3.01. The molecule has 0 saturated carbocycles. The fourth-order valence-electron chi connectivity index (χ4n) is 1.76. The van der Waals surface area contributed by atoms with E-state index in [1.807, 2.05) is 7.05 Å². The minimum atomic E-state index is -2.47. The van der Waals surface area contributed by atoms with Crippen LogP contribution in [0.1, 0.15) is 30.1 Å². The molecule has 2 rings (SSSR count). The van der Waals surface area contributed by atoms with Crippen LogP contribution in [0.5, 0.6) is 0 Å². The van der Waals surface area contributed by atoms with Crippen molar-refractivity contribution in [1.29, 1.82) is 0 Å². The van der Waals surface area contributed by atoms with Crippen molar-refractivity contribution in [3.8, 4) is 0 Å². The number of aryl methyl sites for hydroxylation is 2. The first-order valence-corrected chi connectivity index (χ1v) is 6.94. The molecule has 0 atom stereocenters. The van der Waals surface area contributed by atoms with E-state index in [1.165, 1.54) is 12.8 Å². The largest absolute Gasteiger partial charge is 0.545 e. The second-order valence-electron chi connectivity index (χ2n) is 4.90. The number of imidazole rings is 1. The fraction of sp³-hybridized carbons (Fsp3) is 0.333. The van der Waals surface area contributed by atoms with Gasteiger partial charge in [0.25, 0.3) is 0 Å². The second-order valence-corrected chi connectivity index (χ2v) is 4.90. The molecule has 0 saturated heterocycles. The molecule has 0 amide bonds. The maximum absolute atomic E-state index is 12.5. The van der Waals surface area contributed by atoms with Crippen LogP contribution < -0.4 is 9.67 Å². The SMILES string of the molecule is CCCCn1cc[n+](C)c1.O=C([O-])c1c(F)c(F)c(F)c(F)c1F. The number of carboxylic acid groups (broad SMARTS) is 1. The minimum absolute atomic E-state index is 1.15. The molecule has 0 bridgehead atoms. The zero-order valence-electron chi connectivity index (χ0n) is 13.0. The van der Waals surface area contributed by atoms with E-state index < -0.39 is 40.6 Å². The molecule has 24 heavy (non-hydrogen) atoms. The van der Waals surface area contributed by atoms with Crippen LogP contribution in [0.25, 0.3) is 0 Å². The van der Waals surface area contributed by atoms with Gasteiger partial charge in [-0.05, 0) is 6.42 Å². The normalized spacial score (nSPS) is 10.3. The number of carboxylic acids is 1. The third kappa shape index (κ3) is 4.53. The highest BCUT2D eigenvalue weighted by molar-refractivity contribution is 5.86. The number of aromatic carboxylic acids is 1. The van der Waals surface area contributed by atoms with E-state index in [0.717, 1.165) is 6.54 Å². The summed E-state index contributed by atoms with van der Waals surface area (Å²) in [5.74, 6) is -14.4. The smallest absolute Gasteiger partial charge is 0.243 e. The summed E-state index contributed by atoms with van der Waals surface area (Å²) in [4.78, 5) is 10.0. The quantitative estimate of drug-likeness (QED) is 0.366. The van der Waals surface area contributed by atoms with Crippen LogP contribution in [0.4, 0.5) is 22.0 Å². The average molecular weight is 350 g/mol. The van der Waals surface area contributed by atoms with Gasteiger partial charge in [0, 0.05) is 0 Å². The Hall–Kier alpha value is -2.45. The molecule has 132 valence electrons. The van der Waals surface area contributed by atoms with Gasteiger partial charge in [-0.3, -0.25) is 0 Å². The summed E-state index contributed by atoms with van der Waals surface area (Å²) >= 11 is 0. The number of halogens is 5. The summed E-state index contributed by atoms with van der Waals surface area (Å²) in [6.45, 7) is 3.36. The van der Waals surface area contributed by atoms with Gasteiger partial charge in [0.05, 0.1) is 25.1 Å². The van der Waals surface area contributed by atoms with E-state index >= 15 is 0 Å². The van der Waals surface area contributed by atoms with Gasteiger partial charge >= 0.3 is 0 Å². The Morgan fingerprint density at radius 2 is 1.58 bits per heavy atom. The number of hydrogen-bond acceptors (Lipinski definition) is 2. The number of unbranched alkanes of at least 4 members (excludes halogenated alkanes) is 1. The Morgan fingerprint density at radius 3 is 1.96 bits per heavy atom. The summed E-state index contributed by atoms with van der Waals surface area (Å²) in [5, 5.41) is 10.0. The molecule has 4 nitrogen and oxygen atoms in total. The topological polar surface area (TPSA) is 48.9 Å². The van der Waals surface area contributed by atoms with Gasteiger partial charge in [0.1, 0.15) is 12.4 Å². The van der Waals surface area contributed by atoms with Crippen molar-refractivity contribution in [2.24, 2.45) is 7.05 Å². The van der Waals surface area contributed by atoms with Crippen molar-refractivity contribution in [2.45, 2.75) is 26.3 Å². The Kier molecular flexibility index (Phi) is 6.87. The Morgan fingerprint density at radius 1 is 1.08 bits per heavy atom. The van der Waals surface area contributed by atoms with E-state index in [4.69, 9.17) is 0 Å². The zero-order valence-corrected chi connectivity index (χ0v) is 13.0. The molecular formula is C15H15F5N2O2. The molecule has 1 aromatic carbocycles. The summed E-state index contributed by atoms with van der Waals surface area (Å²) in [6, 6.07) is 0. The van der Waals surface area contributed by atoms with Crippen LogP contribution >= 0.6 is 0 Å². The minimum Gasteiger partial charge on any atom is -0.545 e. The van der Waals surface area contributed by atoms with E-state index in [2.05, 4.69) is 34.8 Å². The van der Waals surface area contributed by atoms with Gasteiger partial charge in [-0.15, -0.1) is 0 Å². The molecule has 0 aliphatic carbocycles. The van der Waals surface area contributed by atoms with Gasteiger partial charge in [-0.1, -0.05) is 13.3 Å². The van der Waals surface area contributed by atoms with E-state index in [-0.39, 0.29) is 0 Å². The van der Waals surface area contributed by atoms with E-state index in [1.54, 1.807) is 0 Å². The molecule has 0 fully saturated rings. The molecule has 0 aliphatic heterocycles. The standard InChI is InChI=1S/C8H15N2.C7HF5O2/c1-3-4-5-10-7-6-9(2)8-10;8-2-1(7(13)14)3(9)5(11)6(12)4(2)10/h6-8H,3-5H2,1-2H3;(H,13,14)/q+1;/p-1. The summed E-state index contributed by atoms with van der Waals surface area (Å²) in [6.07, 6.45) is 8.82. The van der Waals surface area contributed by atoms with Crippen LogP contribution in [0.15, 0.2) is 18.7 Å².